The van der Waals surface area contributed by atoms with Crippen molar-refractivity contribution >= 4 is 51.5 Å². The molecular formula is C15H12ClIN2O5. The number of nitrogens with zero attached hydrogens (tertiary/aromatic N) is 1. The summed E-state index contributed by atoms with van der Waals surface area (Å²) in [5, 5.41) is 13.8. The van der Waals surface area contributed by atoms with Crippen LogP contribution in [0.1, 0.15) is 10.4 Å². The highest BCUT2D eigenvalue weighted by Crippen LogP contribution is 2.36. The molecule has 0 saturated carbocycles. The van der Waals surface area contributed by atoms with Crippen molar-refractivity contribution in [3.8, 4) is 11.5 Å². The number of nitro benzene ring substituents is 1. The first-order valence-electron chi connectivity index (χ1n) is 6.54. The molecule has 0 fully saturated rings. The van der Waals surface area contributed by atoms with Crippen LogP contribution in [0.3, 0.4) is 0 Å². The summed E-state index contributed by atoms with van der Waals surface area (Å²) in [5.74, 6) is 0.354. The molecule has 2 aromatic carbocycles. The fourth-order valence-electron chi connectivity index (χ4n) is 1.95. The smallest absolute Gasteiger partial charge is 0.270 e. The van der Waals surface area contributed by atoms with E-state index in [1.165, 1.54) is 38.5 Å². The summed E-state index contributed by atoms with van der Waals surface area (Å²) in [4.78, 5) is 22.7. The van der Waals surface area contributed by atoms with E-state index in [1.54, 1.807) is 6.07 Å². The predicted octanol–water partition coefficient (Wildman–Crippen LogP) is 4.12. The number of carbonyl (C=O) groups excluding carboxylic acids is 1. The minimum atomic E-state index is -0.518. The summed E-state index contributed by atoms with van der Waals surface area (Å²) in [5.41, 5.74) is 0.582. The zero-order chi connectivity index (χ0) is 17.9. The lowest BCUT2D eigenvalue weighted by Crippen LogP contribution is -2.14. The van der Waals surface area contributed by atoms with Crippen LogP contribution in [0, 0.1) is 13.7 Å². The van der Waals surface area contributed by atoms with Gasteiger partial charge in [0, 0.05) is 21.8 Å². The molecule has 0 saturated heterocycles. The van der Waals surface area contributed by atoms with Crippen LogP contribution in [-0.4, -0.2) is 25.1 Å². The summed E-state index contributed by atoms with van der Waals surface area (Å²) in [6, 6.07) is 7.06. The molecule has 0 spiro atoms. The fraction of sp³-hybridized carbons (Fsp3) is 0.133. The Bertz CT molecular complexity index is 813. The van der Waals surface area contributed by atoms with E-state index in [2.05, 4.69) is 5.32 Å². The molecule has 0 aromatic heterocycles. The Morgan fingerprint density at radius 2 is 1.88 bits per heavy atom. The molecular weight excluding hydrogens is 451 g/mol. The number of halogens is 2. The zero-order valence-electron chi connectivity index (χ0n) is 12.6. The number of nitro groups is 1. The monoisotopic (exact) mass is 462 g/mol. The molecule has 9 heteroatoms. The van der Waals surface area contributed by atoms with E-state index >= 15 is 0 Å². The van der Waals surface area contributed by atoms with Gasteiger partial charge in [-0.2, -0.15) is 0 Å². The van der Waals surface area contributed by atoms with Gasteiger partial charge in [-0.1, -0.05) is 11.6 Å². The molecule has 126 valence electrons. The highest BCUT2D eigenvalue weighted by Gasteiger charge is 2.17. The quantitative estimate of drug-likeness (QED) is 0.410. The standard InChI is InChI=1S/C15H12ClIN2O5/c1-23-13-7-14(24-2)12(6-10(13)16)18-15(20)9-4-3-8(19(21)22)5-11(9)17/h3-7H,1-2H3,(H,18,20). The van der Waals surface area contributed by atoms with Gasteiger partial charge in [0.15, 0.2) is 0 Å². The second-order valence-electron chi connectivity index (χ2n) is 4.56. The third-order valence-corrected chi connectivity index (χ3v) is 4.32. The second-order valence-corrected chi connectivity index (χ2v) is 6.13. The second kappa shape index (κ2) is 7.67. The first-order valence-corrected chi connectivity index (χ1v) is 8.00. The number of rotatable bonds is 5. The van der Waals surface area contributed by atoms with E-state index in [1.807, 2.05) is 22.6 Å². The van der Waals surface area contributed by atoms with Crippen molar-refractivity contribution < 1.29 is 19.2 Å². The van der Waals surface area contributed by atoms with E-state index in [9.17, 15) is 14.9 Å². The normalized spacial score (nSPS) is 10.2. The topological polar surface area (TPSA) is 90.7 Å². The Labute approximate surface area is 156 Å². The summed E-state index contributed by atoms with van der Waals surface area (Å²) >= 11 is 7.94. The van der Waals surface area contributed by atoms with E-state index in [0.717, 1.165) is 0 Å². The molecule has 0 aliphatic heterocycles. The maximum atomic E-state index is 12.4. The minimum Gasteiger partial charge on any atom is -0.495 e. The van der Waals surface area contributed by atoms with Crippen molar-refractivity contribution in [2.75, 3.05) is 19.5 Å². The third-order valence-electron chi connectivity index (χ3n) is 3.13. The van der Waals surface area contributed by atoms with Crippen LogP contribution < -0.4 is 14.8 Å². The summed E-state index contributed by atoms with van der Waals surface area (Å²) in [6.07, 6.45) is 0. The van der Waals surface area contributed by atoms with E-state index in [-0.39, 0.29) is 5.69 Å². The van der Waals surface area contributed by atoms with Crippen molar-refractivity contribution in [3.05, 3.63) is 54.6 Å². The number of non-ortho nitro benzene ring substituents is 1. The van der Waals surface area contributed by atoms with Gasteiger partial charge in [-0.05, 0) is 34.7 Å². The van der Waals surface area contributed by atoms with Crippen LogP contribution >= 0.6 is 34.2 Å². The van der Waals surface area contributed by atoms with Gasteiger partial charge in [-0.15, -0.1) is 0 Å². The van der Waals surface area contributed by atoms with Gasteiger partial charge in [0.05, 0.1) is 35.4 Å². The van der Waals surface area contributed by atoms with Gasteiger partial charge in [-0.25, -0.2) is 0 Å². The van der Waals surface area contributed by atoms with Crippen LogP contribution in [0.15, 0.2) is 30.3 Å². The van der Waals surface area contributed by atoms with Gasteiger partial charge in [0.2, 0.25) is 0 Å². The molecule has 1 amide bonds. The van der Waals surface area contributed by atoms with Crippen LogP contribution in [0.5, 0.6) is 11.5 Å². The molecule has 0 bridgehead atoms. The Hall–Kier alpha value is -2.07. The number of methoxy groups -OCH3 is 2. The van der Waals surface area contributed by atoms with Gasteiger partial charge in [0.25, 0.3) is 11.6 Å². The van der Waals surface area contributed by atoms with Crippen molar-refractivity contribution in [1.29, 1.82) is 0 Å². The number of hydrogen-bond donors (Lipinski definition) is 1. The lowest BCUT2D eigenvalue weighted by atomic mass is 10.2. The highest BCUT2D eigenvalue weighted by atomic mass is 127. The van der Waals surface area contributed by atoms with Crippen molar-refractivity contribution in [2.24, 2.45) is 0 Å². The summed E-state index contributed by atoms with van der Waals surface area (Å²) in [6.45, 7) is 0. The number of amides is 1. The molecule has 0 heterocycles. The maximum Gasteiger partial charge on any atom is 0.270 e. The SMILES string of the molecule is COc1cc(OC)c(NC(=O)c2ccc([N+](=O)[O-])cc2I)cc1Cl. The van der Waals surface area contributed by atoms with Crippen molar-refractivity contribution in [2.45, 2.75) is 0 Å². The lowest BCUT2D eigenvalue weighted by molar-refractivity contribution is -0.384. The molecule has 2 aromatic rings. The number of hydrogen-bond acceptors (Lipinski definition) is 5. The molecule has 0 unspecified atom stereocenters. The van der Waals surface area contributed by atoms with Crippen LogP contribution in [0.4, 0.5) is 11.4 Å². The molecule has 24 heavy (non-hydrogen) atoms. The number of benzene rings is 2. The average molecular weight is 463 g/mol. The van der Waals surface area contributed by atoms with E-state index < -0.39 is 10.8 Å². The fourth-order valence-corrected chi connectivity index (χ4v) is 2.93. The highest BCUT2D eigenvalue weighted by molar-refractivity contribution is 14.1. The predicted molar refractivity (Wildman–Crippen MR) is 98.3 cm³/mol. The van der Waals surface area contributed by atoms with Crippen molar-refractivity contribution in [1.82, 2.24) is 0 Å². The Morgan fingerprint density at radius 1 is 1.21 bits per heavy atom. The van der Waals surface area contributed by atoms with Crippen LogP contribution in [0.2, 0.25) is 5.02 Å². The maximum absolute atomic E-state index is 12.4. The largest absolute Gasteiger partial charge is 0.495 e. The molecule has 1 N–H and O–H groups in total. The van der Waals surface area contributed by atoms with Crippen LogP contribution in [-0.2, 0) is 0 Å². The van der Waals surface area contributed by atoms with E-state index in [0.29, 0.717) is 31.3 Å². The van der Waals surface area contributed by atoms with Crippen LogP contribution in [0.25, 0.3) is 0 Å². The Kier molecular flexibility index (Phi) is 5.84. The molecule has 7 nitrogen and oxygen atoms in total. The summed E-state index contributed by atoms with van der Waals surface area (Å²) < 4.78 is 10.8. The number of ether oxygens (including phenoxy) is 2. The van der Waals surface area contributed by atoms with Gasteiger partial charge < -0.3 is 14.8 Å². The molecule has 0 aliphatic carbocycles. The van der Waals surface area contributed by atoms with Gasteiger partial charge in [-0.3, -0.25) is 14.9 Å². The lowest BCUT2D eigenvalue weighted by Gasteiger charge is -2.13. The molecule has 0 radical (unpaired) electrons. The molecule has 2 rings (SSSR count). The Morgan fingerprint density at radius 3 is 2.42 bits per heavy atom. The van der Waals surface area contributed by atoms with E-state index in [4.69, 9.17) is 21.1 Å². The third kappa shape index (κ3) is 3.88. The average Bonchev–Trinajstić information content (AvgIpc) is 2.54. The Balaban J connectivity index is 2.33. The summed E-state index contributed by atoms with van der Waals surface area (Å²) in [7, 11) is 2.92. The first kappa shape index (κ1) is 18.3. The molecule has 0 atom stereocenters. The zero-order valence-corrected chi connectivity index (χ0v) is 15.5. The first-order chi connectivity index (χ1) is 11.4. The van der Waals surface area contributed by atoms with Crippen molar-refractivity contribution in [3.63, 3.8) is 0 Å². The number of nitrogens with one attached hydrogen (secondary N) is 1. The minimum absolute atomic E-state index is 0.0824. The number of anilines is 1. The van der Waals surface area contributed by atoms with Gasteiger partial charge in [0.1, 0.15) is 11.5 Å². The molecule has 0 aliphatic rings. The number of carbonyl (C=O) groups is 1. The van der Waals surface area contributed by atoms with Gasteiger partial charge >= 0.3 is 0 Å².